The van der Waals surface area contributed by atoms with Gasteiger partial charge in [0.15, 0.2) is 0 Å². The summed E-state index contributed by atoms with van der Waals surface area (Å²) in [6, 6.07) is 12.9. The first-order valence-electron chi connectivity index (χ1n) is 5.65. The number of halogens is 2. The summed E-state index contributed by atoms with van der Waals surface area (Å²) >= 11 is 6.78. The van der Waals surface area contributed by atoms with E-state index >= 15 is 0 Å². The molecule has 0 atom stereocenters. The fraction of sp³-hybridized carbons (Fsp3) is 0.0714. The molecule has 3 N–H and O–H groups in total. The molecule has 2 aromatic carbocycles. The van der Waals surface area contributed by atoms with Gasteiger partial charge in [-0.25, -0.2) is 0 Å². The quantitative estimate of drug-likeness (QED) is 0.843. The minimum absolute atomic E-state index is 0.151. The van der Waals surface area contributed by atoms with Crippen molar-refractivity contribution in [3.63, 3.8) is 0 Å². The second kappa shape index (κ2) is 6.32. The maximum Gasteiger partial charge on any atom is 0.255 e. The molecular formula is C14H12Br2N2O. The molecule has 3 nitrogen and oxygen atoms in total. The minimum Gasteiger partial charge on any atom is -0.326 e. The Balaban J connectivity index is 2.18. The van der Waals surface area contributed by atoms with Gasteiger partial charge >= 0.3 is 0 Å². The second-order valence-corrected chi connectivity index (χ2v) is 5.75. The Kier molecular flexibility index (Phi) is 4.74. The van der Waals surface area contributed by atoms with Crippen molar-refractivity contribution < 1.29 is 4.79 Å². The highest BCUT2D eigenvalue weighted by molar-refractivity contribution is 9.11. The Morgan fingerprint density at radius 2 is 1.79 bits per heavy atom. The molecule has 98 valence electrons. The van der Waals surface area contributed by atoms with Crippen molar-refractivity contribution in [3.8, 4) is 0 Å². The summed E-state index contributed by atoms with van der Waals surface area (Å²) in [6.45, 7) is 0.471. The Hall–Kier alpha value is -1.17. The third kappa shape index (κ3) is 3.65. The van der Waals surface area contributed by atoms with Crippen molar-refractivity contribution in [2.24, 2.45) is 5.73 Å². The van der Waals surface area contributed by atoms with Gasteiger partial charge in [0, 0.05) is 21.1 Å². The van der Waals surface area contributed by atoms with Crippen LogP contribution in [0.5, 0.6) is 0 Å². The van der Waals surface area contributed by atoms with Gasteiger partial charge in [0.25, 0.3) is 5.91 Å². The van der Waals surface area contributed by atoms with Crippen LogP contribution in [0.15, 0.2) is 51.4 Å². The zero-order valence-electron chi connectivity index (χ0n) is 9.99. The molecule has 0 bridgehead atoms. The summed E-state index contributed by atoms with van der Waals surface area (Å²) in [6.07, 6.45) is 0. The number of carbonyl (C=O) groups is 1. The molecule has 0 unspecified atom stereocenters. The highest BCUT2D eigenvalue weighted by Crippen LogP contribution is 2.26. The Bertz CT molecular complexity index is 597. The van der Waals surface area contributed by atoms with Gasteiger partial charge in [0.2, 0.25) is 0 Å². The highest BCUT2D eigenvalue weighted by atomic mass is 79.9. The Morgan fingerprint density at radius 3 is 2.42 bits per heavy atom. The van der Waals surface area contributed by atoms with E-state index in [1.807, 2.05) is 30.3 Å². The second-order valence-electron chi connectivity index (χ2n) is 3.98. The summed E-state index contributed by atoms with van der Waals surface area (Å²) in [5.41, 5.74) is 7.85. The van der Waals surface area contributed by atoms with Crippen LogP contribution in [0.2, 0.25) is 0 Å². The van der Waals surface area contributed by atoms with E-state index < -0.39 is 0 Å². The summed E-state index contributed by atoms with van der Waals surface area (Å²) in [5.74, 6) is -0.151. The van der Waals surface area contributed by atoms with E-state index in [9.17, 15) is 4.79 Å². The standard InChI is InChI=1S/C14H12Br2N2O/c15-11-5-6-12(16)13(7-11)18-14(19)10-3-1-9(8-17)2-4-10/h1-7H,8,17H2,(H,18,19). The number of hydrogen-bond acceptors (Lipinski definition) is 2. The Labute approximate surface area is 128 Å². The molecule has 0 saturated heterocycles. The van der Waals surface area contributed by atoms with E-state index in [-0.39, 0.29) is 5.91 Å². The van der Waals surface area contributed by atoms with Gasteiger partial charge in [-0.15, -0.1) is 0 Å². The third-order valence-electron chi connectivity index (χ3n) is 2.63. The van der Waals surface area contributed by atoms with E-state index in [1.54, 1.807) is 12.1 Å². The molecule has 0 saturated carbocycles. The number of rotatable bonds is 3. The lowest BCUT2D eigenvalue weighted by Crippen LogP contribution is -2.12. The van der Waals surface area contributed by atoms with Crippen molar-refractivity contribution in [3.05, 3.63) is 62.5 Å². The van der Waals surface area contributed by atoms with Crippen molar-refractivity contribution in [2.45, 2.75) is 6.54 Å². The molecule has 19 heavy (non-hydrogen) atoms. The molecule has 0 radical (unpaired) electrons. The lowest BCUT2D eigenvalue weighted by atomic mass is 10.1. The summed E-state index contributed by atoms with van der Waals surface area (Å²) < 4.78 is 1.74. The van der Waals surface area contributed by atoms with Crippen LogP contribution in [0.25, 0.3) is 0 Å². The average Bonchev–Trinajstić information content (AvgIpc) is 2.43. The van der Waals surface area contributed by atoms with E-state index in [2.05, 4.69) is 37.2 Å². The summed E-state index contributed by atoms with van der Waals surface area (Å²) in [5, 5.41) is 2.86. The molecule has 1 amide bonds. The lowest BCUT2D eigenvalue weighted by molar-refractivity contribution is 0.102. The molecule has 0 heterocycles. The molecule has 0 spiro atoms. The smallest absolute Gasteiger partial charge is 0.255 e. The fourth-order valence-corrected chi connectivity index (χ4v) is 2.29. The number of nitrogens with one attached hydrogen (secondary N) is 1. The first-order valence-corrected chi connectivity index (χ1v) is 7.24. The molecule has 5 heteroatoms. The van der Waals surface area contributed by atoms with Crippen LogP contribution in [-0.2, 0) is 6.54 Å². The van der Waals surface area contributed by atoms with Crippen molar-refractivity contribution >= 4 is 43.5 Å². The normalized spacial score (nSPS) is 10.3. The van der Waals surface area contributed by atoms with Crippen LogP contribution in [0.3, 0.4) is 0 Å². The van der Waals surface area contributed by atoms with Crippen molar-refractivity contribution in [1.82, 2.24) is 0 Å². The van der Waals surface area contributed by atoms with Gasteiger partial charge in [0.05, 0.1) is 5.69 Å². The lowest BCUT2D eigenvalue weighted by Gasteiger charge is -2.08. The predicted octanol–water partition coefficient (Wildman–Crippen LogP) is 3.92. The topological polar surface area (TPSA) is 55.1 Å². The Morgan fingerprint density at radius 1 is 1.11 bits per heavy atom. The van der Waals surface area contributed by atoms with Crippen molar-refractivity contribution in [1.29, 1.82) is 0 Å². The van der Waals surface area contributed by atoms with E-state index in [1.165, 1.54) is 0 Å². The monoisotopic (exact) mass is 382 g/mol. The zero-order chi connectivity index (χ0) is 13.8. The molecule has 0 aliphatic rings. The van der Waals surface area contributed by atoms with E-state index in [0.29, 0.717) is 12.1 Å². The molecule has 2 rings (SSSR count). The van der Waals surface area contributed by atoms with E-state index in [0.717, 1.165) is 20.2 Å². The highest BCUT2D eigenvalue weighted by Gasteiger charge is 2.08. The zero-order valence-corrected chi connectivity index (χ0v) is 13.2. The summed E-state index contributed by atoms with van der Waals surface area (Å²) in [4.78, 5) is 12.1. The molecular weight excluding hydrogens is 372 g/mol. The van der Waals surface area contributed by atoms with Gasteiger partial charge in [-0.3, -0.25) is 4.79 Å². The van der Waals surface area contributed by atoms with Crippen LogP contribution in [0.4, 0.5) is 5.69 Å². The van der Waals surface area contributed by atoms with Crippen molar-refractivity contribution in [2.75, 3.05) is 5.32 Å². The van der Waals surface area contributed by atoms with Crippen LogP contribution in [-0.4, -0.2) is 5.91 Å². The molecule has 2 aromatic rings. The average molecular weight is 384 g/mol. The largest absolute Gasteiger partial charge is 0.326 e. The van der Waals surface area contributed by atoms with Gasteiger partial charge in [-0.05, 0) is 51.8 Å². The first kappa shape index (κ1) is 14.2. The van der Waals surface area contributed by atoms with Gasteiger partial charge in [0.1, 0.15) is 0 Å². The maximum absolute atomic E-state index is 12.1. The number of amides is 1. The minimum atomic E-state index is -0.151. The van der Waals surface area contributed by atoms with Crippen LogP contribution >= 0.6 is 31.9 Å². The van der Waals surface area contributed by atoms with Gasteiger partial charge < -0.3 is 11.1 Å². The fourth-order valence-electron chi connectivity index (χ4n) is 1.58. The first-order chi connectivity index (χ1) is 9.10. The number of carbonyl (C=O) groups excluding carboxylic acids is 1. The SMILES string of the molecule is NCc1ccc(C(=O)Nc2cc(Br)ccc2Br)cc1. The van der Waals surface area contributed by atoms with Gasteiger partial charge in [-0.1, -0.05) is 28.1 Å². The number of hydrogen-bond donors (Lipinski definition) is 2. The number of anilines is 1. The van der Waals surface area contributed by atoms with E-state index in [4.69, 9.17) is 5.73 Å². The van der Waals surface area contributed by atoms with Crippen LogP contribution in [0, 0.1) is 0 Å². The molecule has 0 aliphatic heterocycles. The maximum atomic E-state index is 12.1. The van der Waals surface area contributed by atoms with Gasteiger partial charge in [-0.2, -0.15) is 0 Å². The third-order valence-corrected chi connectivity index (χ3v) is 3.81. The molecule has 0 aliphatic carbocycles. The van der Waals surface area contributed by atoms with Crippen LogP contribution in [0.1, 0.15) is 15.9 Å². The number of benzene rings is 2. The summed E-state index contributed by atoms with van der Waals surface area (Å²) in [7, 11) is 0. The predicted molar refractivity (Wildman–Crippen MR) is 84.1 cm³/mol. The number of nitrogens with two attached hydrogens (primary N) is 1. The molecule has 0 aromatic heterocycles. The molecule has 0 fully saturated rings. The van der Waals surface area contributed by atoms with Crippen LogP contribution < -0.4 is 11.1 Å².